The number of benzene rings is 1. The summed E-state index contributed by atoms with van der Waals surface area (Å²) in [5.41, 5.74) is 5.21. The van der Waals surface area contributed by atoms with Gasteiger partial charge in [0.15, 0.2) is 0 Å². The van der Waals surface area contributed by atoms with E-state index in [-0.39, 0.29) is 11.4 Å². The molecule has 0 bridgehead atoms. The quantitative estimate of drug-likeness (QED) is 0.722. The van der Waals surface area contributed by atoms with E-state index < -0.39 is 15.6 Å². The van der Waals surface area contributed by atoms with Crippen LogP contribution >= 0.6 is 15.9 Å². The van der Waals surface area contributed by atoms with E-state index in [1.54, 1.807) is 0 Å². The molecule has 1 aromatic carbocycles. The molecule has 1 aliphatic rings. The Labute approximate surface area is 115 Å². The van der Waals surface area contributed by atoms with E-state index in [0.717, 1.165) is 6.42 Å². The van der Waals surface area contributed by atoms with E-state index in [1.807, 2.05) is 0 Å². The summed E-state index contributed by atoms with van der Waals surface area (Å²) < 4.78 is 27.0. The standard InChI is InChI=1S/C11H15BrN2O3S/c12-9-6-8(2-3-10(9)13)18(16,17)14-7-11(15)4-1-5-11/h2-3,6,14-15H,1,4-5,7,13H2. The Bertz CT molecular complexity index is 555. The van der Waals surface area contributed by atoms with Crippen molar-refractivity contribution >= 4 is 31.6 Å². The van der Waals surface area contributed by atoms with Gasteiger partial charge < -0.3 is 10.8 Å². The molecule has 1 aromatic rings. The molecule has 1 fully saturated rings. The first-order chi connectivity index (χ1) is 8.32. The molecule has 0 aromatic heterocycles. The molecule has 0 radical (unpaired) electrons. The van der Waals surface area contributed by atoms with Gasteiger partial charge in [-0.25, -0.2) is 13.1 Å². The molecule has 2 rings (SSSR count). The number of halogens is 1. The first-order valence-corrected chi connectivity index (χ1v) is 7.87. The summed E-state index contributed by atoms with van der Waals surface area (Å²) in [6.45, 7) is 0.0529. The Kier molecular flexibility index (Phi) is 3.68. The number of nitrogens with two attached hydrogens (primary N) is 1. The number of nitrogen functional groups attached to an aromatic ring is 1. The van der Waals surface area contributed by atoms with Crippen LogP contribution in [0, 0.1) is 0 Å². The molecule has 0 heterocycles. The van der Waals surface area contributed by atoms with Crippen molar-refractivity contribution in [3.8, 4) is 0 Å². The number of hydrogen-bond donors (Lipinski definition) is 3. The smallest absolute Gasteiger partial charge is 0.240 e. The lowest BCUT2D eigenvalue weighted by atomic mass is 9.81. The van der Waals surface area contributed by atoms with Crippen LogP contribution in [0.1, 0.15) is 19.3 Å². The predicted molar refractivity (Wildman–Crippen MR) is 72.5 cm³/mol. The molecule has 0 unspecified atom stereocenters. The van der Waals surface area contributed by atoms with Crippen LogP contribution in [0.25, 0.3) is 0 Å². The van der Waals surface area contributed by atoms with Crippen LogP contribution in [0.5, 0.6) is 0 Å². The molecule has 5 nitrogen and oxygen atoms in total. The highest BCUT2D eigenvalue weighted by molar-refractivity contribution is 9.10. The van der Waals surface area contributed by atoms with Crippen molar-refractivity contribution < 1.29 is 13.5 Å². The van der Waals surface area contributed by atoms with Crippen molar-refractivity contribution in [2.24, 2.45) is 0 Å². The summed E-state index contributed by atoms with van der Waals surface area (Å²) in [4.78, 5) is 0.131. The Morgan fingerprint density at radius 3 is 2.61 bits per heavy atom. The molecule has 0 aliphatic heterocycles. The van der Waals surface area contributed by atoms with Gasteiger partial charge in [-0.3, -0.25) is 0 Å². The van der Waals surface area contributed by atoms with E-state index in [0.29, 0.717) is 23.0 Å². The zero-order valence-corrected chi connectivity index (χ0v) is 12.1. The van der Waals surface area contributed by atoms with Gasteiger partial charge in [-0.1, -0.05) is 0 Å². The maximum atomic E-state index is 12.0. The molecule has 0 saturated heterocycles. The van der Waals surface area contributed by atoms with Gasteiger partial charge >= 0.3 is 0 Å². The maximum absolute atomic E-state index is 12.0. The summed E-state index contributed by atoms with van der Waals surface area (Å²) in [5.74, 6) is 0. The molecule has 4 N–H and O–H groups in total. The van der Waals surface area contributed by atoms with E-state index in [2.05, 4.69) is 20.7 Å². The summed E-state index contributed by atoms with van der Waals surface area (Å²) >= 11 is 3.19. The zero-order chi connectivity index (χ0) is 13.4. The van der Waals surface area contributed by atoms with Crippen LogP contribution in [0.3, 0.4) is 0 Å². The van der Waals surface area contributed by atoms with E-state index in [1.165, 1.54) is 18.2 Å². The summed E-state index contributed by atoms with van der Waals surface area (Å²) in [7, 11) is -3.60. The number of nitrogens with one attached hydrogen (secondary N) is 1. The highest BCUT2D eigenvalue weighted by Gasteiger charge is 2.35. The molecular weight excluding hydrogens is 320 g/mol. The van der Waals surface area contributed by atoms with Gasteiger partial charge in [-0.2, -0.15) is 0 Å². The lowest BCUT2D eigenvalue weighted by Gasteiger charge is -2.36. The van der Waals surface area contributed by atoms with Crippen LogP contribution in [0.4, 0.5) is 5.69 Å². The van der Waals surface area contributed by atoms with Gasteiger partial charge in [0.25, 0.3) is 0 Å². The molecule has 100 valence electrons. The van der Waals surface area contributed by atoms with Crippen molar-refractivity contribution in [3.05, 3.63) is 22.7 Å². The van der Waals surface area contributed by atoms with Gasteiger partial charge in [0.2, 0.25) is 10.0 Å². The van der Waals surface area contributed by atoms with Crippen LogP contribution in [0.2, 0.25) is 0 Å². The van der Waals surface area contributed by atoms with Gasteiger partial charge in [-0.15, -0.1) is 0 Å². The average molecular weight is 335 g/mol. The van der Waals surface area contributed by atoms with E-state index in [9.17, 15) is 13.5 Å². The van der Waals surface area contributed by atoms with Crippen molar-refractivity contribution in [1.29, 1.82) is 0 Å². The van der Waals surface area contributed by atoms with Gasteiger partial charge in [0.1, 0.15) is 0 Å². The number of rotatable bonds is 4. The number of hydrogen-bond acceptors (Lipinski definition) is 4. The fraction of sp³-hybridized carbons (Fsp3) is 0.455. The number of anilines is 1. The first kappa shape index (κ1) is 13.8. The fourth-order valence-corrected chi connectivity index (χ4v) is 3.43. The van der Waals surface area contributed by atoms with Gasteiger partial charge in [0, 0.05) is 16.7 Å². The SMILES string of the molecule is Nc1ccc(S(=O)(=O)NCC2(O)CCC2)cc1Br. The highest BCUT2D eigenvalue weighted by atomic mass is 79.9. The Hall–Kier alpha value is -0.630. The normalized spacial score (nSPS) is 18.3. The molecule has 7 heteroatoms. The minimum atomic E-state index is -3.60. The van der Waals surface area contributed by atoms with E-state index >= 15 is 0 Å². The van der Waals surface area contributed by atoms with Crippen LogP contribution in [-0.2, 0) is 10.0 Å². The Morgan fingerprint density at radius 2 is 2.11 bits per heavy atom. The van der Waals surface area contributed by atoms with Gasteiger partial charge in [0.05, 0.1) is 10.5 Å². The summed E-state index contributed by atoms with van der Waals surface area (Å²) in [6, 6.07) is 4.41. The van der Waals surface area contributed by atoms with Crippen LogP contribution < -0.4 is 10.5 Å². The molecule has 0 amide bonds. The Balaban J connectivity index is 2.12. The Morgan fingerprint density at radius 1 is 1.44 bits per heavy atom. The summed E-state index contributed by atoms with van der Waals surface area (Å²) in [5, 5.41) is 9.86. The summed E-state index contributed by atoms with van der Waals surface area (Å²) in [6.07, 6.45) is 2.22. The minimum Gasteiger partial charge on any atom is -0.398 e. The lowest BCUT2D eigenvalue weighted by Crippen LogP contribution is -2.47. The molecule has 0 atom stereocenters. The minimum absolute atomic E-state index is 0.0529. The second-order valence-electron chi connectivity index (χ2n) is 4.59. The largest absolute Gasteiger partial charge is 0.398 e. The first-order valence-electron chi connectivity index (χ1n) is 5.60. The maximum Gasteiger partial charge on any atom is 0.240 e. The van der Waals surface area contributed by atoms with Crippen LogP contribution in [0.15, 0.2) is 27.6 Å². The fourth-order valence-electron chi connectivity index (χ4n) is 1.75. The molecule has 0 spiro atoms. The monoisotopic (exact) mass is 334 g/mol. The van der Waals surface area contributed by atoms with Crippen molar-refractivity contribution in [2.45, 2.75) is 29.8 Å². The zero-order valence-electron chi connectivity index (χ0n) is 9.69. The lowest BCUT2D eigenvalue weighted by molar-refractivity contribution is -0.0270. The van der Waals surface area contributed by atoms with Gasteiger partial charge in [-0.05, 0) is 53.4 Å². The predicted octanol–water partition coefficient (Wildman–Crippen LogP) is 1.22. The van der Waals surface area contributed by atoms with Crippen molar-refractivity contribution in [3.63, 3.8) is 0 Å². The third-order valence-electron chi connectivity index (χ3n) is 3.16. The van der Waals surface area contributed by atoms with Crippen LogP contribution in [-0.4, -0.2) is 25.7 Å². The third-order valence-corrected chi connectivity index (χ3v) is 5.24. The second-order valence-corrected chi connectivity index (χ2v) is 7.21. The molecular formula is C11H15BrN2O3S. The van der Waals surface area contributed by atoms with E-state index in [4.69, 9.17) is 5.73 Å². The number of aliphatic hydroxyl groups is 1. The average Bonchev–Trinajstić information content (AvgIpc) is 2.27. The molecule has 18 heavy (non-hydrogen) atoms. The van der Waals surface area contributed by atoms with Crippen molar-refractivity contribution in [1.82, 2.24) is 4.72 Å². The number of sulfonamides is 1. The third kappa shape index (κ3) is 2.85. The molecule has 1 saturated carbocycles. The molecule has 1 aliphatic carbocycles. The topological polar surface area (TPSA) is 92.4 Å². The highest BCUT2D eigenvalue weighted by Crippen LogP contribution is 2.31. The van der Waals surface area contributed by atoms with Crippen molar-refractivity contribution in [2.75, 3.05) is 12.3 Å². The second kappa shape index (κ2) is 4.80.